The molecule has 1 saturated heterocycles. The summed E-state index contributed by atoms with van der Waals surface area (Å²) in [5, 5.41) is 17.4. The number of carbonyl (C=O) groups is 1. The van der Waals surface area contributed by atoms with Crippen LogP contribution in [-0.2, 0) is 4.79 Å². The Hall–Kier alpha value is -2.09. The van der Waals surface area contributed by atoms with Gasteiger partial charge in [0.2, 0.25) is 0 Å². The molecule has 0 radical (unpaired) electrons. The van der Waals surface area contributed by atoms with Crippen LogP contribution in [0.5, 0.6) is 0 Å². The molecular formula is C14H17N3O2. The van der Waals surface area contributed by atoms with Crippen LogP contribution in [0.25, 0.3) is 0 Å². The van der Waals surface area contributed by atoms with E-state index >= 15 is 0 Å². The van der Waals surface area contributed by atoms with Gasteiger partial charge in [-0.05, 0) is 37.3 Å². The highest BCUT2D eigenvalue weighted by molar-refractivity contribution is 5.66. The van der Waals surface area contributed by atoms with Crippen molar-refractivity contribution in [1.82, 2.24) is 4.98 Å². The molecule has 0 saturated carbocycles. The summed E-state index contributed by atoms with van der Waals surface area (Å²) in [6.07, 6.45) is 4.81. The molecule has 100 valence electrons. The van der Waals surface area contributed by atoms with Crippen molar-refractivity contribution < 1.29 is 9.90 Å². The Morgan fingerprint density at radius 1 is 1.47 bits per heavy atom. The van der Waals surface area contributed by atoms with E-state index in [4.69, 9.17) is 10.4 Å². The van der Waals surface area contributed by atoms with Gasteiger partial charge in [-0.1, -0.05) is 0 Å². The molecule has 0 aromatic carbocycles. The maximum Gasteiger partial charge on any atom is 0.303 e. The number of rotatable bonds is 4. The molecule has 1 aromatic rings. The zero-order chi connectivity index (χ0) is 13.7. The summed E-state index contributed by atoms with van der Waals surface area (Å²) in [6.45, 7) is 1.86. The third-order valence-electron chi connectivity index (χ3n) is 3.61. The highest BCUT2D eigenvalue weighted by Gasteiger charge is 2.20. The van der Waals surface area contributed by atoms with E-state index in [9.17, 15) is 4.79 Å². The van der Waals surface area contributed by atoms with E-state index < -0.39 is 5.97 Å². The number of nitriles is 1. The Kier molecular flexibility index (Phi) is 4.35. The SMILES string of the molecule is N#Cc1ccc(N2CCC(CCC(=O)O)CC2)cn1. The number of nitrogens with zero attached hydrogens (tertiary/aromatic N) is 3. The van der Waals surface area contributed by atoms with Gasteiger partial charge in [0.1, 0.15) is 11.8 Å². The van der Waals surface area contributed by atoms with E-state index in [0.717, 1.165) is 38.0 Å². The number of aromatic nitrogens is 1. The molecule has 1 aliphatic rings. The summed E-state index contributed by atoms with van der Waals surface area (Å²) in [6, 6.07) is 5.65. The van der Waals surface area contributed by atoms with Crippen LogP contribution in [0.1, 0.15) is 31.4 Å². The van der Waals surface area contributed by atoms with E-state index in [2.05, 4.69) is 9.88 Å². The Morgan fingerprint density at radius 3 is 2.74 bits per heavy atom. The van der Waals surface area contributed by atoms with Gasteiger partial charge in [-0.25, -0.2) is 4.98 Å². The minimum absolute atomic E-state index is 0.267. The molecule has 1 N–H and O–H groups in total. The number of carboxylic acids is 1. The number of hydrogen-bond acceptors (Lipinski definition) is 4. The molecule has 0 amide bonds. The zero-order valence-corrected chi connectivity index (χ0v) is 10.7. The van der Waals surface area contributed by atoms with Crippen LogP contribution in [0.15, 0.2) is 18.3 Å². The van der Waals surface area contributed by atoms with Gasteiger partial charge in [0.05, 0.1) is 11.9 Å². The van der Waals surface area contributed by atoms with Crippen LogP contribution in [0, 0.1) is 17.2 Å². The second-order valence-corrected chi connectivity index (χ2v) is 4.88. The molecule has 0 aliphatic carbocycles. The summed E-state index contributed by atoms with van der Waals surface area (Å²) in [5.41, 5.74) is 1.47. The fourth-order valence-corrected chi connectivity index (χ4v) is 2.45. The number of aliphatic carboxylic acids is 1. The molecule has 1 aliphatic heterocycles. The molecule has 1 aromatic heterocycles. The Labute approximate surface area is 112 Å². The van der Waals surface area contributed by atoms with Crippen LogP contribution < -0.4 is 4.90 Å². The lowest BCUT2D eigenvalue weighted by Crippen LogP contribution is -2.33. The van der Waals surface area contributed by atoms with Gasteiger partial charge in [-0.3, -0.25) is 4.79 Å². The fraction of sp³-hybridized carbons (Fsp3) is 0.500. The molecule has 1 fully saturated rings. The Bertz CT molecular complexity index is 470. The number of carboxylic acid groups (broad SMARTS) is 1. The third kappa shape index (κ3) is 3.68. The second kappa shape index (κ2) is 6.19. The topological polar surface area (TPSA) is 77.2 Å². The number of anilines is 1. The van der Waals surface area contributed by atoms with E-state index in [1.165, 1.54) is 0 Å². The molecule has 5 nitrogen and oxygen atoms in total. The van der Waals surface area contributed by atoms with Crippen molar-refractivity contribution in [2.45, 2.75) is 25.7 Å². The van der Waals surface area contributed by atoms with Crippen LogP contribution in [-0.4, -0.2) is 29.1 Å². The van der Waals surface area contributed by atoms with Crippen LogP contribution in [0.4, 0.5) is 5.69 Å². The van der Waals surface area contributed by atoms with Gasteiger partial charge in [-0.15, -0.1) is 0 Å². The highest BCUT2D eigenvalue weighted by Crippen LogP contribution is 2.25. The molecular weight excluding hydrogens is 242 g/mol. The van der Waals surface area contributed by atoms with Gasteiger partial charge in [0, 0.05) is 19.5 Å². The van der Waals surface area contributed by atoms with Gasteiger partial charge in [0.15, 0.2) is 0 Å². The van der Waals surface area contributed by atoms with Crippen molar-refractivity contribution in [2.24, 2.45) is 5.92 Å². The number of pyridine rings is 1. The lowest BCUT2D eigenvalue weighted by molar-refractivity contribution is -0.137. The van der Waals surface area contributed by atoms with Crippen molar-refractivity contribution in [3.05, 3.63) is 24.0 Å². The molecule has 0 unspecified atom stereocenters. The Balaban J connectivity index is 1.85. The molecule has 2 heterocycles. The summed E-state index contributed by atoms with van der Waals surface area (Å²) in [4.78, 5) is 16.9. The maximum atomic E-state index is 10.5. The smallest absolute Gasteiger partial charge is 0.303 e. The first-order valence-corrected chi connectivity index (χ1v) is 6.52. The van der Waals surface area contributed by atoms with Gasteiger partial charge in [0.25, 0.3) is 0 Å². The highest BCUT2D eigenvalue weighted by atomic mass is 16.4. The first-order chi connectivity index (χ1) is 9.19. The van der Waals surface area contributed by atoms with Crippen LogP contribution >= 0.6 is 0 Å². The molecule has 0 spiro atoms. The van der Waals surface area contributed by atoms with Crippen molar-refractivity contribution in [1.29, 1.82) is 5.26 Å². The monoisotopic (exact) mass is 259 g/mol. The number of hydrogen-bond donors (Lipinski definition) is 1. The molecule has 19 heavy (non-hydrogen) atoms. The standard InChI is InChI=1S/C14H17N3O2/c15-9-12-2-3-13(10-16-12)17-7-5-11(6-8-17)1-4-14(18)19/h2-3,10-11H,1,4-8H2,(H,18,19). The van der Waals surface area contributed by atoms with E-state index in [1.54, 1.807) is 12.3 Å². The Morgan fingerprint density at radius 2 is 2.21 bits per heavy atom. The summed E-state index contributed by atoms with van der Waals surface area (Å²) < 4.78 is 0. The molecule has 5 heteroatoms. The fourth-order valence-electron chi connectivity index (χ4n) is 2.45. The average molecular weight is 259 g/mol. The van der Waals surface area contributed by atoms with Gasteiger partial charge >= 0.3 is 5.97 Å². The summed E-state index contributed by atoms with van der Waals surface area (Å²) >= 11 is 0. The first-order valence-electron chi connectivity index (χ1n) is 6.52. The zero-order valence-electron chi connectivity index (χ0n) is 10.7. The van der Waals surface area contributed by atoms with Gasteiger partial charge in [-0.2, -0.15) is 5.26 Å². The minimum Gasteiger partial charge on any atom is -0.481 e. The normalized spacial score (nSPS) is 16.1. The van der Waals surface area contributed by atoms with Crippen molar-refractivity contribution in [3.8, 4) is 6.07 Å². The van der Waals surface area contributed by atoms with Crippen LogP contribution in [0.3, 0.4) is 0 Å². The second-order valence-electron chi connectivity index (χ2n) is 4.88. The van der Waals surface area contributed by atoms with Crippen LogP contribution in [0.2, 0.25) is 0 Å². The molecule has 2 rings (SSSR count). The first kappa shape index (κ1) is 13.3. The van der Waals surface area contributed by atoms with E-state index in [0.29, 0.717) is 11.6 Å². The quantitative estimate of drug-likeness (QED) is 0.895. The summed E-state index contributed by atoms with van der Waals surface area (Å²) in [5.74, 6) is -0.197. The lowest BCUT2D eigenvalue weighted by atomic mass is 9.92. The minimum atomic E-state index is -0.710. The predicted molar refractivity (Wildman–Crippen MR) is 70.8 cm³/mol. The summed E-state index contributed by atoms with van der Waals surface area (Å²) in [7, 11) is 0. The largest absolute Gasteiger partial charge is 0.481 e. The molecule has 0 bridgehead atoms. The van der Waals surface area contributed by atoms with E-state index in [-0.39, 0.29) is 6.42 Å². The van der Waals surface area contributed by atoms with Gasteiger partial charge < -0.3 is 10.0 Å². The predicted octanol–water partition coefficient (Wildman–Crippen LogP) is 2.03. The van der Waals surface area contributed by atoms with Crippen molar-refractivity contribution in [3.63, 3.8) is 0 Å². The third-order valence-corrected chi connectivity index (χ3v) is 3.61. The molecule has 0 atom stereocenters. The lowest BCUT2D eigenvalue weighted by Gasteiger charge is -2.33. The number of piperidine rings is 1. The van der Waals surface area contributed by atoms with Crippen molar-refractivity contribution in [2.75, 3.05) is 18.0 Å². The van der Waals surface area contributed by atoms with E-state index in [1.807, 2.05) is 12.1 Å². The average Bonchev–Trinajstić information content (AvgIpc) is 2.46. The van der Waals surface area contributed by atoms with Crippen molar-refractivity contribution >= 4 is 11.7 Å². The maximum absolute atomic E-state index is 10.5.